The number of hydrogen-bond acceptors (Lipinski definition) is 3. The van der Waals surface area contributed by atoms with Crippen LogP contribution in [0.25, 0.3) is 0 Å². The van der Waals surface area contributed by atoms with Gasteiger partial charge in [-0.25, -0.2) is 0 Å². The van der Waals surface area contributed by atoms with Gasteiger partial charge in [0.25, 0.3) is 0 Å². The maximum Gasteiger partial charge on any atom is 0.238 e. The van der Waals surface area contributed by atoms with Crippen LogP contribution in [0.4, 0.5) is 0 Å². The SMILES string of the molecule is C[C@H](NC(=O)C1CSCCN1)c1ccc(Cl)cc1. The zero-order valence-corrected chi connectivity index (χ0v) is 11.9. The van der Waals surface area contributed by atoms with Crippen molar-refractivity contribution in [3.05, 3.63) is 34.9 Å². The predicted octanol–water partition coefficient (Wildman–Crippen LogP) is 2.22. The van der Waals surface area contributed by atoms with Crippen molar-refractivity contribution in [1.82, 2.24) is 10.6 Å². The molecule has 1 heterocycles. The zero-order chi connectivity index (χ0) is 13.0. The summed E-state index contributed by atoms with van der Waals surface area (Å²) < 4.78 is 0. The quantitative estimate of drug-likeness (QED) is 0.894. The van der Waals surface area contributed by atoms with Crippen molar-refractivity contribution >= 4 is 29.3 Å². The van der Waals surface area contributed by atoms with Gasteiger partial charge in [0.05, 0.1) is 12.1 Å². The minimum absolute atomic E-state index is 0.00323. The molecule has 0 saturated carbocycles. The summed E-state index contributed by atoms with van der Waals surface area (Å²) in [6, 6.07) is 7.50. The van der Waals surface area contributed by atoms with Crippen molar-refractivity contribution in [3.8, 4) is 0 Å². The number of carbonyl (C=O) groups excluding carboxylic acids is 1. The Morgan fingerprint density at radius 1 is 1.50 bits per heavy atom. The van der Waals surface area contributed by atoms with Crippen LogP contribution in [0.2, 0.25) is 5.02 Å². The maximum absolute atomic E-state index is 12.0. The summed E-state index contributed by atoms with van der Waals surface area (Å²) in [6.45, 7) is 2.88. The van der Waals surface area contributed by atoms with E-state index in [0.29, 0.717) is 5.02 Å². The highest BCUT2D eigenvalue weighted by Crippen LogP contribution is 2.16. The van der Waals surface area contributed by atoms with E-state index in [4.69, 9.17) is 11.6 Å². The highest BCUT2D eigenvalue weighted by Gasteiger charge is 2.22. The molecule has 2 rings (SSSR count). The van der Waals surface area contributed by atoms with E-state index in [1.54, 1.807) is 0 Å². The Bertz CT molecular complexity index is 404. The molecule has 1 aliphatic rings. The van der Waals surface area contributed by atoms with Crippen LogP contribution in [0.1, 0.15) is 18.5 Å². The number of nitrogens with one attached hydrogen (secondary N) is 2. The first-order chi connectivity index (χ1) is 8.66. The molecule has 1 aromatic carbocycles. The molecular formula is C13H17ClN2OS. The molecular weight excluding hydrogens is 268 g/mol. The number of rotatable bonds is 3. The second-order valence-electron chi connectivity index (χ2n) is 4.36. The van der Waals surface area contributed by atoms with Gasteiger partial charge in [0.2, 0.25) is 5.91 Å². The molecule has 1 saturated heterocycles. The fourth-order valence-electron chi connectivity index (χ4n) is 1.88. The van der Waals surface area contributed by atoms with E-state index >= 15 is 0 Å². The lowest BCUT2D eigenvalue weighted by Gasteiger charge is -2.24. The molecule has 98 valence electrons. The van der Waals surface area contributed by atoms with E-state index in [9.17, 15) is 4.79 Å². The fraction of sp³-hybridized carbons (Fsp3) is 0.462. The second kappa shape index (κ2) is 6.45. The molecule has 0 aromatic heterocycles. The molecule has 1 aliphatic heterocycles. The first kappa shape index (κ1) is 13.7. The Balaban J connectivity index is 1.91. The van der Waals surface area contributed by atoms with Crippen LogP contribution in [0, 0.1) is 0 Å². The van der Waals surface area contributed by atoms with Crippen molar-refractivity contribution in [1.29, 1.82) is 0 Å². The number of halogens is 1. The van der Waals surface area contributed by atoms with Crippen molar-refractivity contribution < 1.29 is 4.79 Å². The molecule has 2 N–H and O–H groups in total. The molecule has 0 radical (unpaired) electrons. The topological polar surface area (TPSA) is 41.1 Å². The van der Waals surface area contributed by atoms with Crippen LogP contribution >= 0.6 is 23.4 Å². The van der Waals surface area contributed by atoms with Gasteiger partial charge in [0.15, 0.2) is 0 Å². The molecule has 5 heteroatoms. The van der Waals surface area contributed by atoms with Gasteiger partial charge in [-0.3, -0.25) is 4.79 Å². The molecule has 2 atom stereocenters. The van der Waals surface area contributed by atoms with Gasteiger partial charge in [0, 0.05) is 23.1 Å². The summed E-state index contributed by atoms with van der Waals surface area (Å²) in [6.07, 6.45) is 0. The third kappa shape index (κ3) is 3.64. The van der Waals surface area contributed by atoms with Crippen molar-refractivity contribution in [2.24, 2.45) is 0 Å². The van der Waals surface area contributed by atoms with Crippen LogP contribution < -0.4 is 10.6 Å². The van der Waals surface area contributed by atoms with Crippen LogP contribution in [0.15, 0.2) is 24.3 Å². The summed E-state index contributed by atoms with van der Waals surface area (Å²) >= 11 is 7.66. The van der Waals surface area contributed by atoms with Gasteiger partial charge in [-0.1, -0.05) is 23.7 Å². The number of carbonyl (C=O) groups is 1. The lowest BCUT2D eigenvalue weighted by Crippen LogP contribution is -2.49. The number of hydrogen-bond donors (Lipinski definition) is 2. The average molecular weight is 285 g/mol. The van der Waals surface area contributed by atoms with E-state index in [1.807, 2.05) is 43.0 Å². The molecule has 0 aliphatic carbocycles. The van der Waals surface area contributed by atoms with Crippen molar-refractivity contribution in [2.45, 2.75) is 19.0 Å². The summed E-state index contributed by atoms with van der Waals surface area (Å²) in [5, 5.41) is 6.97. The second-order valence-corrected chi connectivity index (χ2v) is 5.95. The van der Waals surface area contributed by atoms with E-state index < -0.39 is 0 Å². The third-order valence-corrected chi connectivity index (χ3v) is 4.28. The average Bonchev–Trinajstić information content (AvgIpc) is 2.40. The van der Waals surface area contributed by atoms with Crippen molar-refractivity contribution in [3.63, 3.8) is 0 Å². The van der Waals surface area contributed by atoms with Crippen LogP contribution in [-0.4, -0.2) is 30.0 Å². The Morgan fingerprint density at radius 2 is 2.22 bits per heavy atom. The van der Waals surface area contributed by atoms with E-state index in [0.717, 1.165) is 23.6 Å². The molecule has 1 amide bonds. The molecule has 1 unspecified atom stereocenters. The van der Waals surface area contributed by atoms with Gasteiger partial charge in [-0.05, 0) is 24.6 Å². The fourth-order valence-corrected chi connectivity index (χ4v) is 2.94. The van der Waals surface area contributed by atoms with Gasteiger partial charge >= 0.3 is 0 Å². The Labute approximate surface area is 117 Å². The third-order valence-electron chi connectivity index (χ3n) is 2.97. The number of thioether (sulfide) groups is 1. The van der Waals surface area contributed by atoms with Crippen LogP contribution in [0.5, 0.6) is 0 Å². The van der Waals surface area contributed by atoms with Gasteiger partial charge < -0.3 is 10.6 Å². The Morgan fingerprint density at radius 3 is 2.83 bits per heavy atom. The summed E-state index contributed by atoms with van der Waals surface area (Å²) in [7, 11) is 0. The van der Waals surface area contributed by atoms with Crippen LogP contribution in [-0.2, 0) is 4.79 Å². The molecule has 18 heavy (non-hydrogen) atoms. The van der Waals surface area contributed by atoms with Crippen LogP contribution in [0.3, 0.4) is 0 Å². The lowest BCUT2D eigenvalue weighted by molar-refractivity contribution is -0.123. The molecule has 0 bridgehead atoms. The van der Waals surface area contributed by atoms with E-state index in [2.05, 4.69) is 10.6 Å². The summed E-state index contributed by atoms with van der Waals surface area (Å²) in [4.78, 5) is 12.0. The number of amides is 1. The standard InChI is InChI=1S/C13H17ClN2OS/c1-9(10-2-4-11(14)5-3-10)16-13(17)12-8-18-7-6-15-12/h2-5,9,12,15H,6-8H2,1H3,(H,16,17)/t9-,12?/m0/s1. The first-order valence-electron chi connectivity index (χ1n) is 6.04. The minimum atomic E-state index is -0.0708. The Hall–Kier alpha value is -0.710. The molecule has 3 nitrogen and oxygen atoms in total. The zero-order valence-electron chi connectivity index (χ0n) is 10.3. The van der Waals surface area contributed by atoms with Crippen molar-refractivity contribution in [2.75, 3.05) is 18.1 Å². The van der Waals surface area contributed by atoms with Gasteiger partial charge in [0.1, 0.15) is 0 Å². The predicted molar refractivity (Wildman–Crippen MR) is 77.1 cm³/mol. The monoisotopic (exact) mass is 284 g/mol. The summed E-state index contributed by atoms with van der Waals surface area (Å²) in [5.74, 6) is 2.00. The normalized spacial score (nSPS) is 21.3. The summed E-state index contributed by atoms with van der Waals surface area (Å²) in [5.41, 5.74) is 1.07. The highest BCUT2D eigenvalue weighted by atomic mass is 35.5. The molecule has 1 fully saturated rings. The largest absolute Gasteiger partial charge is 0.348 e. The smallest absolute Gasteiger partial charge is 0.238 e. The highest BCUT2D eigenvalue weighted by molar-refractivity contribution is 7.99. The minimum Gasteiger partial charge on any atom is -0.348 e. The maximum atomic E-state index is 12.0. The van der Waals surface area contributed by atoms with E-state index in [-0.39, 0.29) is 18.0 Å². The molecule has 0 spiro atoms. The molecule has 1 aromatic rings. The van der Waals surface area contributed by atoms with E-state index in [1.165, 1.54) is 0 Å². The number of benzene rings is 1. The lowest BCUT2D eigenvalue weighted by atomic mass is 10.1. The van der Waals surface area contributed by atoms with Gasteiger partial charge in [-0.15, -0.1) is 0 Å². The van der Waals surface area contributed by atoms with Gasteiger partial charge in [-0.2, -0.15) is 11.8 Å². The Kier molecular flexibility index (Phi) is 4.92. The first-order valence-corrected chi connectivity index (χ1v) is 7.57.